The number of hydrogen-bond donors (Lipinski definition) is 1. The SMILES string of the molecule is COc1ccc2c(/N=N/c3c(C#N)cnn3-c3ncccn3)c(O)c(C(=O)N3CCCC3)cc2c1. The van der Waals surface area contributed by atoms with E-state index in [1.807, 2.05) is 6.07 Å². The smallest absolute Gasteiger partial charge is 0.257 e. The van der Waals surface area contributed by atoms with E-state index in [1.54, 1.807) is 42.3 Å². The second-order valence-electron chi connectivity index (χ2n) is 7.86. The summed E-state index contributed by atoms with van der Waals surface area (Å²) < 4.78 is 6.61. The third kappa shape index (κ3) is 4.02. The zero-order chi connectivity index (χ0) is 24.4. The van der Waals surface area contributed by atoms with Gasteiger partial charge in [0.2, 0.25) is 0 Å². The first-order valence-electron chi connectivity index (χ1n) is 10.9. The molecule has 2 aromatic heterocycles. The molecule has 1 saturated heterocycles. The Morgan fingerprint density at radius 1 is 1.17 bits per heavy atom. The van der Waals surface area contributed by atoms with E-state index in [1.165, 1.54) is 23.3 Å². The van der Waals surface area contributed by atoms with E-state index < -0.39 is 0 Å². The highest BCUT2D eigenvalue weighted by Gasteiger charge is 2.25. The minimum atomic E-state index is -0.288. The Balaban J connectivity index is 1.67. The molecule has 2 aromatic carbocycles. The maximum absolute atomic E-state index is 13.2. The second kappa shape index (κ2) is 9.18. The van der Waals surface area contributed by atoms with Gasteiger partial charge in [0.15, 0.2) is 11.6 Å². The van der Waals surface area contributed by atoms with Gasteiger partial charge in [0.25, 0.3) is 11.9 Å². The molecule has 1 aliphatic rings. The zero-order valence-electron chi connectivity index (χ0n) is 18.8. The number of fused-ring (bicyclic) bond motifs is 1. The lowest BCUT2D eigenvalue weighted by Crippen LogP contribution is -2.27. The molecule has 0 saturated carbocycles. The number of ether oxygens (including phenoxy) is 1. The van der Waals surface area contributed by atoms with Gasteiger partial charge in [0.05, 0.1) is 18.9 Å². The minimum Gasteiger partial charge on any atom is -0.505 e. The molecule has 5 rings (SSSR count). The Kier molecular flexibility index (Phi) is 5.76. The van der Waals surface area contributed by atoms with Crippen LogP contribution in [-0.2, 0) is 0 Å². The molecule has 4 aromatic rings. The number of likely N-dealkylation sites (tertiary alicyclic amines) is 1. The molecule has 11 heteroatoms. The maximum Gasteiger partial charge on any atom is 0.257 e. The number of hydrogen-bond acceptors (Lipinski definition) is 9. The molecule has 1 N–H and O–H groups in total. The van der Waals surface area contributed by atoms with E-state index in [0.29, 0.717) is 29.6 Å². The van der Waals surface area contributed by atoms with Crippen molar-refractivity contribution in [3.63, 3.8) is 0 Å². The van der Waals surface area contributed by atoms with Crippen molar-refractivity contribution in [2.45, 2.75) is 12.8 Å². The quantitative estimate of drug-likeness (QED) is 0.435. The predicted octanol–water partition coefficient (Wildman–Crippen LogP) is 4.05. The highest BCUT2D eigenvalue weighted by molar-refractivity contribution is 6.07. The molecule has 0 bridgehead atoms. The van der Waals surface area contributed by atoms with E-state index in [0.717, 1.165) is 12.8 Å². The van der Waals surface area contributed by atoms with E-state index in [-0.39, 0.29) is 40.2 Å². The van der Waals surface area contributed by atoms with Crippen molar-refractivity contribution in [2.24, 2.45) is 10.2 Å². The number of aromatic hydroxyl groups is 1. The summed E-state index contributed by atoms with van der Waals surface area (Å²) in [7, 11) is 1.55. The number of aromatic nitrogens is 4. The van der Waals surface area contributed by atoms with Crippen LogP contribution in [0.2, 0.25) is 0 Å². The van der Waals surface area contributed by atoms with Crippen molar-refractivity contribution >= 4 is 28.2 Å². The van der Waals surface area contributed by atoms with Gasteiger partial charge < -0.3 is 14.7 Å². The van der Waals surface area contributed by atoms with Crippen molar-refractivity contribution in [2.75, 3.05) is 20.2 Å². The van der Waals surface area contributed by atoms with Gasteiger partial charge in [-0.2, -0.15) is 15.0 Å². The standard InChI is InChI=1S/C24H20N8O3/c1-35-17-5-6-18-15(11-17)12-19(23(34)31-9-2-3-10-31)21(33)20(18)29-30-22-16(13-25)14-28-32(22)24-26-7-4-8-27-24/h4-8,11-12,14,33H,2-3,9-10H2,1H3/b30-29+. The first-order valence-corrected chi connectivity index (χ1v) is 10.9. The lowest BCUT2D eigenvalue weighted by atomic mass is 10.0. The molecule has 174 valence electrons. The Labute approximate surface area is 199 Å². The van der Waals surface area contributed by atoms with Gasteiger partial charge in [-0.15, -0.1) is 10.2 Å². The summed E-state index contributed by atoms with van der Waals surface area (Å²) in [5, 5.41) is 34.6. The van der Waals surface area contributed by atoms with Crippen LogP contribution in [0.15, 0.2) is 59.2 Å². The molecular weight excluding hydrogens is 448 g/mol. The van der Waals surface area contributed by atoms with Gasteiger partial charge in [0, 0.05) is 30.9 Å². The van der Waals surface area contributed by atoms with Gasteiger partial charge in [-0.05, 0) is 48.6 Å². The predicted molar refractivity (Wildman–Crippen MR) is 125 cm³/mol. The van der Waals surface area contributed by atoms with Crippen LogP contribution in [0.4, 0.5) is 11.5 Å². The number of nitrogens with zero attached hydrogens (tertiary/aromatic N) is 8. The fourth-order valence-electron chi connectivity index (χ4n) is 4.00. The van der Waals surface area contributed by atoms with Crippen LogP contribution in [-0.4, -0.2) is 55.9 Å². The lowest BCUT2D eigenvalue weighted by molar-refractivity contribution is 0.0790. The number of rotatable bonds is 5. The zero-order valence-corrected chi connectivity index (χ0v) is 18.8. The maximum atomic E-state index is 13.2. The molecule has 3 heterocycles. The average Bonchev–Trinajstić information content (AvgIpc) is 3.58. The summed E-state index contributed by atoms with van der Waals surface area (Å²) in [5.74, 6) is 0.331. The van der Waals surface area contributed by atoms with Crippen LogP contribution >= 0.6 is 0 Å². The topological polar surface area (TPSA) is 142 Å². The number of carbonyl (C=O) groups is 1. The Hall–Kier alpha value is -4.85. The molecular formula is C24H20N8O3. The van der Waals surface area contributed by atoms with Crippen LogP contribution in [0.1, 0.15) is 28.8 Å². The van der Waals surface area contributed by atoms with Crippen molar-refractivity contribution in [1.29, 1.82) is 5.26 Å². The summed E-state index contributed by atoms with van der Waals surface area (Å²) in [6.07, 6.45) is 6.25. The number of benzene rings is 2. The summed E-state index contributed by atoms with van der Waals surface area (Å²) >= 11 is 0. The molecule has 11 nitrogen and oxygen atoms in total. The number of methoxy groups -OCH3 is 1. The Morgan fingerprint density at radius 2 is 1.94 bits per heavy atom. The number of carbonyl (C=O) groups excluding carboxylic acids is 1. The minimum absolute atomic E-state index is 0.0936. The van der Waals surface area contributed by atoms with Crippen molar-refractivity contribution < 1.29 is 14.6 Å². The summed E-state index contributed by atoms with van der Waals surface area (Å²) in [6, 6.07) is 10.5. The first kappa shape index (κ1) is 22.0. The molecule has 0 spiro atoms. The van der Waals surface area contributed by atoms with Crippen LogP contribution in [0.3, 0.4) is 0 Å². The number of phenols is 1. The number of amides is 1. The Morgan fingerprint density at radius 3 is 2.66 bits per heavy atom. The Bertz CT molecular complexity index is 1480. The fourth-order valence-corrected chi connectivity index (χ4v) is 4.00. The molecule has 35 heavy (non-hydrogen) atoms. The third-order valence-corrected chi connectivity index (χ3v) is 5.77. The molecule has 0 aliphatic carbocycles. The summed E-state index contributed by atoms with van der Waals surface area (Å²) in [5.41, 5.74) is 0.372. The van der Waals surface area contributed by atoms with Gasteiger partial charge in [-0.3, -0.25) is 4.79 Å². The number of azo groups is 1. The van der Waals surface area contributed by atoms with Gasteiger partial charge in [-0.1, -0.05) is 0 Å². The van der Waals surface area contributed by atoms with Crippen molar-refractivity contribution in [3.05, 3.63) is 60.0 Å². The molecule has 1 fully saturated rings. The number of nitriles is 1. The lowest BCUT2D eigenvalue weighted by Gasteiger charge is -2.17. The van der Waals surface area contributed by atoms with Crippen LogP contribution in [0.5, 0.6) is 11.5 Å². The average molecular weight is 468 g/mol. The largest absolute Gasteiger partial charge is 0.505 e. The van der Waals surface area contributed by atoms with E-state index >= 15 is 0 Å². The third-order valence-electron chi connectivity index (χ3n) is 5.77. The van der Waals surface area contributed by atoms with E-state index in [4.69, 9.17) is 4.74 Å². The van der Waals surface area contributed by atoms with Crippen molar-refractivity contribution in [3.8, 4) is 23.5 Å². The second-order valence-corrected chi connectivity index (χ2v) is 7.86. The van der Waals surface area contributed by atoms with Crippen molar-refractivity contribution in [1.82, 2.24) is 24.6 Å². The molecule has 0 atom stereocenters. The highest BCUT2D eigenvalue weighted by Crippen LogP contribution is 2.41. The molecule has 0 unspecified atom stereocenters. The van der Waals surface area contributed by atoms with Gasteiger partial charge in [-0.25, -0.2) is 9.97 Å². The van der Waals surface area contributed by atoms with Gasteiger partial charge in [0.1, 0.15) is 23.1 Å². The normalized spacial score (nSPS) is 13.4. The monoisotopic (exact) mass is 468 g/mol. The first-order chi connectivity index (χ1) is 17.1. The van der Waals surface area contributed by atoms with Crippen LogP contribution in [0, 0.1) is 11.3 Å². The van der Waals surface area contributed by atoms with E-state index in [9.17, 15) is 15.2 Å². The fraction of sp³-hybridized carbons (Fsp3) is 0.208. The van der Waals surface area contributed by atoms with Gasteiger partial charge >= 0.3 is 0 Å². The molecule has 0 radical (unpaired) electrons. The summed E-state index contributed by atoms with van der Waals surface area (Å²) in [4.78, 5) is 23.2. The van der Waals surface area contributed by atoms with Crippen LogP contribution < -0.4 is 4.74 Å². The van der Waals surface area contributed by atoms with Crippen LogP contribution in [0.25, 0.3) is 16.7 Å². The summed E-state index contributed by atoms with van der Waals surface area (Å²) in [6.45, 7) is 1.26. The van der Waals surface area contributed by atoms with E-state index in [2.05, 4.69) is 25.3 Å². The molecule has 1 amide bonds. The highest BCUT2D eigenvalue weighted by atomic mass is 16.5. The molecule has 1 aliphatic heterocycles. The number of phenolic OH excluding ortho intramolecular Hbond substituents is 1.